The van der Waals surface area contributed by atoms with E-state index >= 15 is 0 Å². The van der Waals surface area contributed by atoms with Crippen LogP contribution in [0, 0.1) is 18.1 Å². The summed E-state index contributed by atoms with van der Waals surface area (Å²) >= 11 is -0.354. The van der Waals surface area contributed by atoms with Crippen molar-refractivity contribution in [3.8, 4) is 11.3 Å². The maximum atomic E-state index is 8.56. The first-order valence-corrected chi connectivity index (χ1v) is 27.0. The van der Waals surface area contributed by atoms with Crippen molar-refractivity contribution in [2.24, 2.45) is 10.9 Å². The average Bonchev–Trinajstić information content (AvgIpc) is 3.92. The Bertz CT molecular complexity index is 2980. The summed E-state index contributed by atoms with van der Waals surface area (Å²) in [5.41, 5.74) is 9.70. The Morgan fingerprint density at radius 2 is 1.52 bits per heavy atom. The van der Waals surface area contributed by atoms with Crippen molar-refractivity contribution in [3.05, 3.63) is 174 Å². The Labute approximate surface area is 352 Å². The van der Waals surface area contributed by atoms with Crippen LogP contribution in [0.1, 0.15) is 44.8 Å². The molecule has 9 aromatic rings. The zero-order valence-electron chi connectivity index (χ0n) is 34.0. The second-order valence-corrected chi connectivity index (χ2v) is 27.1. The van der Waals surface area contributed by atoms with Gasteiger partial charge in [-0.15, -0.1) is 29.5 Å². The van der Waals surface area contributed by atoms with Crippen molar-refractivity contribution in [3.63, 3.8) is 0 Å². The average molecular weight is 986 g/mol. The van der Waals surface area contributed by atoms with Gasteiger partial charge in [0.05, 0.1) is 11.3 Å². The van der Waals surface area contributed by atoms with Crippen LogP contribution in [0.3, 0.4) is 0 Å². The van der Waals surface area contributed by atoms with Crippen LogP contribution in [0.15, 0.2) is 149 Å². The van der Waals surface area contributed by atoms with Gasteiger partial charge in [-0.1, -0.05) is 71.6 Å². The zero-order valence-corrected chi connectivity index (χ0v) is 37.3. The number of aromatic nitrogens is 1. The van der Waals surface area contributed by atoms with E-state index in [2.05, 4.69) is 119 Å². The number of benzene rings is 6. The van der Waals surface area contributed by atoms with Gasteiger partial charge >= 0.3 is 128 Å². The fourth-order valence-corrected chi connectivity index (χ4v) is 11.7. The van der Waals surface area contributed by atoms with E-state index in [0.717, 1.165) is 60.1 Å². The maximum absolute atomic E-state index is 8.56. The number of hydrogen-bond acceptors (Lipinski definition) is 4. The first-order chi connectivity index (χ1) is 27.5. The van der Waals surface area contributed by atoms with Gasteiger partial charge in [-0.2, -0.15) is 0 Å². The molecule has 0 bridgehead atoms. The van der Waals surface area contributed by atoms with E-state index in [1.807, 2.05) is 79.9 Å². The number of rotatable bonds is 6. The Morgan fingerprint density at radius 1 is 0.768 bits per heavy atom. The summed E-state index contributed by atoms with van der Waals surface area (Å²) in [4.78, 5) is 9.76. The summed E-state index contributed by atoms with van der Waals surface area (Å²) < 4.78 is 27.3. The molecule has 0 saturated heterocycles. The van der Waals surface area contributed by atoms with Crippen LogP contribution in [0.2, 0.25) is 17.3 Å². The SMILES string of the molecule is [2H]C([2H])(c1cc(-c2[c-]cccc2)nc[c]1[Ge]([CH3])([CH3])[CH3])C(C)C.[Ir].[c-]1ccc2c(oc3ccccc32)c1C1=Nc2ccccc2C1c1ccc2sc3ccccc3c2c1. The molecule has 10 rings (SSSR count). The molecule has 0 saturated carbocycles. The summed E-state index contributed by atoms with van der Waals surface area (Å²) in [6.07, 6.45) is 0.562. The minimum absolute atomic E-state index is 0. The minimum Gasteiger partial charge on any atom is -0.501 e. The fourth-order valence-electron chi connectivity index (χ4n) is 7.70. The Kier molecular flexibility index (Phi) is 10.0. The second-order valence-electron chi connectivity index (χ2n) is 15.5. The predicted molar refractivity (Wildman–Crippen MR) is 236 cm³/mol. The number of furan rings is 1. The molecule has 0 N–H and O–H groups in total. The quantitative estimate of drug-likeness (QED) is 0.123. The number of pyridine rings is 1. The summed E-state index contributed by atoms with van der Waals surface area (Å²) in [7, 11) is 0. The molecule has 4 heterocycles. The Hall–Kier alpha value is -4.65. The Morgan fingerprint density at radius 3 is 2.32 bits per heavy atom. The molecule has 56 heavy (non-hydrogen) atoms. The van der Waals surface area contributed by atoms with Crippen molar-refractivity contribution in [1.82, 2.24) is 4.98 Å². The van der Waals surface area contributed by atoms with Crippen LogP contribution in [-0.4, -0.2) is 24.0 Å². The van der Waals surface area contributed by atoms with E-state index in [0.29, 0.717) is 0 Å². The number of aliphatic imine (C=N–C) groups is 1. The molecule has 1 atom stereocenters. The molecule has 1 radical (unpaired) electrons. The van der Waals surface area contributed by atoms with Gasteiger partial charge in [0.2, 0.25) is 0 Å². The van der Waals surface area contributed by atoms with Gasteiger partial charge in [0, 0.05) is 51.6 Å². The first-order valence-electron chi connectivity index (χ1n) is 19.9. The molecule has 279 valence electrons. The number of para-hydroxylation sites is 2. The van der Waals surface area contributed by atoms with E-state index in [-0.39, 0.29) is 31.9 Å². The predicted octanol–water partition coefficient (Wildman–Crippen LogP) is 13.3. The van der Waals surface area contributed by atoms with Crippen LogP contribution >= 0.6 is 11.3 Å². The van der Waals surface area contributed by atoms with Crippen LogP contribution < -0.4 is 4.40 Å². The molecular formula is C50H42GeIrN2OS-2. The van der Waals surface area contributed by atoms with E-state index in [9.17, 15) is 0 Å². The van der Waals surface area contributed by atoms with Crippen LogP contribution in [-0.2, 0) is 26.5 Å². The summed E-state index contributed by atoms with van der Waals surface area (Å²) in [5.74, 6) is 6.79. The fraction of sp³-hybridized carbons (Fsp3) is 0.160. The van der Waals surface area contributed by atoms with Gasteiger partial charge in [0.1, 0.15) is 5.58 Å². The van der Waals surface area contributed by atoms with E-state index < -0.39 is 19.6 Å². The summed E-state index contributed by atoms with van der Waals surface area (Å²) in [6.45, 7) is 3.88. The minimum atomic E-state index is -2.20. The van der Waals surface area contributed by atoms with Crippen molar-refractivity contribution in [1.29, 1.82) is 0 Å². The monoisotopic (exact) mass is 987 g/mol. The molecule has 0 amide bonds. The summed E-state index contributed by atoms with van der Waals surface area (Å²) in [6, 6.07) is 52.6. The molecule has 1 aliphatic heterocycles. The van der Waals surface area contributed by atoms with Gasteiger partial charge in [0.15, 0.2) is 0 Å². The molecular weight excluding hydrogens is 941 g/mol. The number of thiophene rings is 1. The normalized spacial score (nSPS) is 14.6. The van der Waals surface area contributed by atoms with Crippen molar-refractivity contribution >= 4 is 82.5 Å². The van der Waals surface area contributed by atoms with Gasteiger partial charge in [-0.3, -0.25) is 4.99 Å². The third kappa shape index (κ3) is 7.23. The molecule has 1 unspecified atom stereocenters. The van der Waals surface area contributed by atoms with Crippen LogP contribution in [0.4, 0.5) is 5.69 Å². The van der Waals surface area contributed by atoms with Crippen molar-refractivity contribution in [2.45, 2.75) is 43.4 Å². The summed E-state index contributed by atoms with van der Waals surface area (Å²) in [5, 5.41) is 4.84. The standard InChI is InChI=1S/C32H18NOS.C18H24GeN.Ir/c1-4-13-26-23(10-1)30(19-16-17-29-25(18-19)21-9-3-6-15-28(21)35-29)31(33-26)24-12-7-11-22-20-8-2-5-14-27(20)34-32(22)24;1-14(2)11-16-12-18(15-9-7-6-8-10-15)20-13-17(16)19(3,4)5;/h1-11,13-18,30H;6-9,12-14H,11H2,1-5H3;/q2*-1;/i;11D2;. The van der Waals surface area contributed by atoms with Gasteiger partial charge in [0.25, 0.3) is 0 Å². The number of fused-ring (bicyclic) bond motifs is 7. The molecule has 0 spiro atoms. The molecule has 6 heteroatoms. The maximum Gasteiger partial charge on any atom is 0.120 e. The molecule has 3 aromatic heterocycles. The topological polar surface area (TPSA) is 38.4 Å². The third-order valence-electron chi connectivity index (χ3n) is 10.2. The van der Waals surface area contributed by atoms with Gasteiger partial charge in [-0.05, 0) is 47.2 Å². The van der Waals surface area contributed by atoms with E-state index in [4.69, 9.17) is 12.2 Å². The molecule has 0 aliphatic carbocycles. The molecule has 0 fully saturated rings. The van der Waals surface area contributed by atoms with Crippen molar-refractivity contribution in [2.75, 3.05) is 0 Å². The van der Waals surface area contributed by atoms with E-state index in [1.165, 1.54) is 31.3 Å². The van der Waals surface area contributed by atoms with E-state index in [1.54, 1.807) is 0 Å². The second kappa shape index (κ2) is 15.7. The molecule has 3 nitrogen and oxygen atoms in total. The smallest absolute Gasteiger partial charge is 0.120 e. The Balaban J connectivity index is 0.000000178. The van der Waals surface area contributed by atoms with Crippen molar-refractivity contribution < 1.29 is 27.3 Å². The molecule has 1 aliphatic rings. The third-order valence-corrected chi connectivity index (χ3v) is 15.6. The van der Waals surface area contributed by atoms with Crippen LogP contribution in [0.25, 0.3) is 53.4 Å². The number of hydrogen-bond donors (Lipinski definition) is 0. The van der Waals surface area contributed by atoms with Gasteiger partial charge in [-0.25, -0.2) is 0 Å². The first kappa shape index (κ1) is 35.7. The number of nitrogens with zero attached hydrogens (tertiary/aromatic N) is 2. The van der Waals surface area contributed by atoms with Gasteiger partial charge < -0.3 is 4.42 Å². The molecule has 6 aromatic carbocycles. The largest absolute Gasteiger partial charge is 0.501 e. The zero-order chi connectivity index (χ0) is 39.5. The van der Waals surface area contributed by atoms with Crippen LogP contribution in [0.5, 0.6) is 0 Å².